The second kappa shape index (κ2) is 8.67. The number of carbonyl (C=O) groups is 1. The minimum atomic E-state index is -0.198. The predicted octanol–water partition coefficient (Wildman–Crippen LogP) is 2.95. The van der Waals surface area contributed by atoms with E-state index in [9.17, 15) is 4.79 Å². The van der Waals surface area contributed by atoms with Crippen molar-refractivity contribution in [1.82, 2.24) is 9.80 Å². The molecule has 0 N–H and O–H groups in total. The van der Waals surface area contributed by atoms with Gasteiger partial charge in [0.15, 0.2) is 0 Å². The maximum Gasteiger partial charge on any atom is 0.410 e. The molecular formula is C17H25N2O2. The van der Waals surface area contributed by atoms with Gasteiger partial charge in [0.05, 0.1) is 0 Å². The third-order valence-corrected chi connectivity index (χ3v) is 3.81. The van der Waals surface area contributed by atoms with Gasteiger partial charge in [0.1, 0.15) is 6.61 Å². The Morgan fingerprint density at radius 1 is 1.10 bits per heavy atom. The number of rotatable bonds is 6. The number of ether oxygens (including phenoxy) is 1. The van der Waals surface area contributed by atoms with Crippen LogP contribution in [-0.4, -0.2) is 48.6 Å². The molecule has 1 saturated heterocycles. The van der Waals surface area contributed by atoms with E-state index in [2.05, 4.69) is 11.8 Å². The highest BCUT2D eigenvalue weighted by Gasteiger charge is 2.21. The van der Waals surface area contributed by atoms with Crippen molar-refractivity contribution in [2.75, 3.05) is 32.7 Å². The Hall–Kier alpha value is -1.55. The normalized spacial score (nSPS) is 16.0. The number of hydrogen-bond donors (Lipinski definition) is 0. The number of hydrogen-bond acceptors (Lipinski definition) is 3. The molecule has 4 nitrogen and oxygen atoms in total. The summed E-state index contributed by atoms with van der Waals surface area (Å²) in [6.07, 6.45) is 3.18. The SMILES string of the molecule is [CH2]CCCCN1CCN(C(=O)OCc2ccccc2)CC1. The van der Waals surface area contributed by atoms with Crippen molar-refractivity contribution in [1.29, 1.82) is 0 Å². The maximum atomic E-state index is 12.0. The molecule has 1 fully saturated rings. The van der Waals surface area contributed by atoms with Crippen LogP contribution < -0.4 is 0 Å². The molecule has 2 rings (SSSR count). The van der Waals surface area contributed by atoms with Crippen molar-refractivity contribution < 1.29 is 9.53 Å². The van der Waals surface area contributed by atoms with Gasteiger partial charge in [-0.15, -0.1) is 0 Å². The molecule has 1 aromatic rings. The molecule has 1 aliphatic rings. The Morgan fingerprint density at radius 3 is 2.48 bits per heavy atom. The van der Waals surface area contributed by atoms with Gasteiger partial charge < -0.3 is 9.64 Å². The topological polar surface area (TPSA) is 32.8 Å². The van der Waals surface area contributed by atoms with Crippen molar-refractivity contribution in [3.63, 3.8) is 0 Å². The molecule has 0 saturated carbocycles. The molecule has 21 heavy (non-hydrogen) atoms. The van der Waals surface area contributed by atoms with Crippen molar-refractivity contribution >= 4 is 6.09 Å². The first kappa shape index (κ1) is 15.8. The lowest BCUT2D eigenvalue weighted by atomic mass is 10.2. The van der Waals surface area contributed by atoms with Gasteiger partial charge in [-0.1, -0.05) is 50.1 Å². The van der Waals surface area contributed by atoms with E-state index >= 15 is 0 Å². The van der Waals surface area contributed by atoms with E-state index in [4.69, 9.17) is 4.74 Å². The minimum Gasteiger partial charge on any atom is -0.445 e. The summed E-state index contributed by atoms with van der Waals surface area (Å²) in [5.74, 6) is 0. The van der Waals surface area contributed by atoms with Crippen LogP contribution in [0.4, 0.5) is 4.79 Å². The number of unbranched alkanes of at least 4 members (excludes halogenated alkanes) is 2. The molecule has 1 heterocycles. The molecule has 0 bridgehead atoms. The predicted molar refractivity (Wildman–Crippen MR) is 83.8 cm³/mol. The Morgan fingerprint density at radius 2 is 1.81 bits per heavy atom. The van der Waals surface area contributed by atoms with Crippen molar-refractivity contribution in [2.24, 2.45) is 0 Å². The van der Waals surface area contributed by atoms with E-state index in [0.29, 0.717) is 6.61 Å². The van der Waals surface area contributed by atoms with Gasteiger partial charge in [-0.2, -0.15) is 0 Å². The van der Waals surface area contributed by atoms with Crippen molar-refractivity contribution in [3.05, 3.63) is 42.8 Å². The van der Waals surface area contributed by atoms with Gasteiger partial charge in [0.25, 0.3) is 0 Å². The van der Waals surface area contributed by atoms with Crippen LogP contribution in [-0.2, 0) is 11.3 Å². The lowest BCUT2D eigenvalue weighted by molar-refractivity contribution is 0.0713. The Balaban J connectivity index is 1.66. The average Bonchev–Trinajstić information content (AvgIpc) is 2.54. The summed E-state index contributed by atoms with van der Waals surface area (Å²) in [5, 5.41) is 0. The van der Waals surface area contributed by atoms with Crippen LogP contribution in [0.15, 0.2) is 30.3 Å². The van der Waals surface area contributed by atoms with Crippen LogP contribution in [0.3, 0.4) is 0 Å². The van der Waals surface area contributed by atoms with Gasteiger partial charge in [-0.25, -0.2) is 4.79 Å². The quantitative estimate of drug-likeness (QED) is 0.755. The summed E-state index contributed by atoms with van der Waals surface area (Å²) in [7, 11) is 0. The fraction of sp³-hybridized carbons (Fsp3) is 0.529. The highest BCUT2D eigenvalue weighted by molar-refractivity contribution is 5.67. The third kappa shape index (κ3) is 5.38. The van der Waals surface area contributed by atoms with Gasteiger partial charge in [0, 0.05) is 26.2 Å². The van der Waals surface area contributed by atoms with E-state index in [1.54, 1.807) is 4.90 Å². The smallest absolute Gasteiger partial charge is 0.410 e. The minimum absolute atomic E-state index is 0.198. The molecule has 0 aromatic heterocycles. The maximum absolute atomic E-state index is 12.0. The standard InChI is InChI=1S/C17H25N2O2/c1-2-3-7-10-18-11-13-19(14-12-18)17(20)21-15-16-8-5-4-6-9-16/h4-6,8-9H,1-3,7,10-15H2. The second-order valence-corrected chi connectivity index (χ2v) is 5.43. The van der Waals surface area contributed by atoms with Gasteiger partial charge in [-0.3, -0.25) is 4.90 Å². The lowest BCUT2D eigenvalue weighted by Gasteiger charge is -2.34. The van der Waals surface area contributed by atoms with E-state index < -0.39 is 0 Å². The van der Waals surface area contributed by atoms with Crippen LogP contribution >= 0.6 is 0 Å². The highest BCUT2D eigenvalue weighted by atomic mass is 16.6. The molecule has 0 unspecified atom stereocenters. The molecule has 1 radical (unpaired) electrons. The number of benzene rings is 1. The van der Waals surface area contributed by atoms with Crippen LogP contribution in [0.2, 0.25) is 0 Å². The van der Waals surface area contributed by atoms with Crippen LogP contribution in [0, 0.1) is 6.92 Å². The van der Waals surface area contributed by atoms with E-state index in [1.165, 1.54) is 12.8 Å². The summed E-state index contributed by atoms with van der Waals surface area (Å²) in [5.41, 5.74) is 1.03. The highest BCUT2D eigenvalue weighted by Crippen LogP contribution is 2.08. The van der Waals surface area contributed by atoms with Crippen LogP contribution in [0.25, 0.3) is 0 Å². The molecule has 0 spiro atoms. The van der Waals surface area contributed by atoms with E-state index in [-0.39, 0.29) is 6.09 Å². The zero-order chi connectivity index (χ0) is 14.9. The van der Waals surface area contributed by atoms with E-state index in [0.717, 1.165) is 44.7 Å². The Bertz CT molecular complexity index is 414. The molecule has 0 atom stereocenters. The zero-order valence-electron chi connectivity index (χ0n) is 12.7. The summed E-state index contributed by atoms with van der Waals surface area (Å²) in [6, 6.07) is 9.79. The average molecular weight is 289 g/mol. The summed E-state index contributed by atoms with van der Waals surface area (Å²) in [6.45, 7) is 8.73. The first-order valence-corrected chi connectivity index (χ1v) is 7.77. The Kier molecular flexibility index (Phi) is 6.54. The van der Waals surface area contributed by atoms with E-state index in [1.807, 2.05) is 30.3 Å². The molecule has 115 valence electrons. The molecular weight excluding hydrogens is 264 g/mol. The fourth-order valence-corrected chi connectivity index (χ4v) is 2.48. The number of nitrogens with zero attached hydrogens (tertiary/aromatic N) is 2. The molecule has 4 heteroatoms. The van der Waals surface area contributed by atoms with Crippen molar-refractivity contribution in [3.8, 4) is 0 Å². The van der Waals surface area contributed by atoms with Gasteiger partial charge >= 0.3 is 6.09 Å². The van der Waals surface area contributed by atoms with Crippen LogP contribution in [0.5, 0.6) is 0 Å². The van der Waals surface area contributed by atoms with Crippen molar-refractivity contribution in [2.45, 2.75) is 25.9 Å². The second-order valence-electron chi connectivity index (χ2n) is 5.43. The number of carbonyl (C=O) groups excluding carboxylic acids is 1. The van der Waals surface area contributed by atoms with Gasteiger partial charge in [-0.05, 0) is 18.5 Å². The third-order valence-electron chi connectivity index (χ3n) is 3.81. The van der Waals surface area contributed by atoms with Gasteiger partial charge in [0.2, 0.25) is 0 Å². The number of piperazine rings is 1. The molecule has 1 amide bonds. The number of amides is 1. The first-order chi connectivity index (χ1) is 10.3. The molecule has 1 aromatic carbocycles. The summed E-state index contributed by atoms with van der Waals surface area (Å²) < 4.78 is 5.36. The zero-order valence-corrected chi connectivity index (χ0v) is 12.7. The van der Waals surface area contributed by atoms with Crippen LogP contribution in [0.1, 0.15) is 24.8 Å². The largest absolute Gasteiger partial charge is 0.445 e. The monoisotopic (exact) mass is 289 g/mol. The summed E-state index contributed by atoms with van der Waals surface area (Å²) in [4.78, 5) is 16.2. The summed E-state index contributed by atoms with van der Waals surface area (Å²) >= 11 is 0. The molecule has 1 aliphatic heterocycles. The first-order valence-electron chi connectivity index (χ1n) is 7.77. The Labute approximate surface area is 127 Å². The fourth-order valence-electron chi connectivity index (χ4n) is 2.48. The molecule has 0 aliphatic carbocycles. The lowest BCUT2D eigenvalue weighted by Crippen LogP contribution is -2.48.